The Hall–Kier alpha value is -1.36. The second-order valence-corrected chi connectivity index (χ2v) is 7.39. The number of ether oxygens (including phenoxy) is 1. The molecule has 2 rings (SSSR count). The predicted octanol–water partition coefficient (Wildman–Crippen LogP) is 2.59. The molecule has 0 saturated heterocycles. The summed E-state index contributed by atoms with van der Waals surface area (Å²) in [4.78, 5) is 11.6. The summed E-state index contributed by atoms with van der Waals surface area (Å²) >= 11 is 0. The van der Waals surface area contributed by atoms with Crippen LogP contribution in [0.4, 0.5) is 0 Å². The Morgan fingerprint density at radius 3 is 2.86 bits per heavy atom. The molecule has 0 aromatic carbocycles. The van der Waals surface area contributed by atoms with Crippen LogP contribution in [0.25, 0.3) is 0 Å². The monoisotopic (exact) mass is 308 g/mol. The van der Waals surface area contributed by atoms with Crippen LogP contribution in [-0.2, 0) is 22.4 Å². The molecule has 124 valence electrons. The zero-order chi connectivity index (χ0) is 16.3. The van der Waals surface area contributed by atoms with Crippen molar-refractivity contribution in [2.75, 3.05) is 13.7 Å². The van der Waals surface area contributed by atoms with Gasteiger partial charge in [-0.1, -0.05) is 32.9 Å². The molecule has 0 aliphatic heterocycles. The fraction of sp³-hybridized carbons (Fsp3) is 0.765. The minimum Gasteiger partial charge on any atom is -0.375 e. The molecule has 1 fully saturated rings. The number of carbonyl (C=O) groups is 1. The van der Waals surface area contributed by atoms with Gasteiger partial charge in [-0.25, -0.2) is 0 Å². The van der Waals surface area contributed by atoms with E-state index < -0.39 is 0 Å². The molecule has 5 nitrogen and oxygen atoms in total. The van der Waals surface area contributed by atoms with Crippen molar-refractivity contribution >= 4 is 5.91 Å². The molecule has 1 heterocycles. The van der Waals surface area contributed by atoms with Gasteiger partial charge in [0.25, 0.3) is 0 Å². The van der Waals surface area contributed by atoms with Crippen molar-refractivity contribution in [3.05, 3.63) is 17.5 Å². The first-order valence-electron chi connectivity index (χ1n) is 8.05. The van der Waals surface area contributed by atoms with Gasteiger partial charge in [0.2, 0.25) is 5.91 Å². The predicted molar refractivity (Wildman–Crippen MR) is 84.4 cm³/mol. The van der Waals surface area contributed by atoms with E-state index in [0.29, 0.717) is 11.8 Å². The third-order valence-electron chi connectivity index (χ3n) is 4.75. The standard InChI is InChI=1S/C17H28N2O3/c1-11(2)6-14-9-13(19-22-14)7-12-8-15(17(12,3)4)18-16(20)10-21-5/h9,11-12,15H,6-8,10H2,1-5H3,(H,18,20). The highest BCUT2D eigenvalue weighted by Crippen LogP contribution is 2.47. The van der Waals surface area contributed by atoms with Crippen LogP contribution < -0.4 is 5.32 Å². The first-order chi connectivity index (χ1) is 10.3. The largest absolute Gasteiger partial charge is 0.375 e. The Labute approximate surface area is 132 Å². The maximum absolute atomic E-state index is 11.6. The molecule has 0 spiro atoms. The van der Waals surface area contributed by atoms with E-state index >= 15 is 0 Å². The van der Waals surface area contributed by atoms with Crippen molar-refractivity contribution in [1.82, 2.24) is 10.5 Å². The van der Waals surface area contributed by atoms with E-state index in [1.54, 1.807) is 0 Å². The smallest absolute Gasteiger partial charge is 0.246 e. The molecule has 1 aromatic heterocycles. The zero-order valence-electron chi connectivity index (χ0n) is 14.3. The molecule has 1 amide bonds. The summed E-state index contributed by atoms with van der Waals surface area (Å²) < 4.78 is 10.3. The van der Waals surface area contributed by atoms with Crippen LogP contribution in [0.15, 0.2) is 10.6 Å². The van der Waals surface area contributed by atoms with Crippen molar-refractivity contribution in [3.63, 3.8) is 0 Å². The number of hydrogen-bond donors (Lipinski definition) is 1. The van der Waals surface area contributed by atoms with Gasteiger partial charge in [-0.3, -0.25) is 4.79 Å². The van der Waals surface area contributed by atoms with Gasteiger partial charge in [-0.05, 0) is 30.1 Å². The molecule has 2 atom stereocenters. The van der Waals surface area contributed by atoms with Crippen LogP contribution in [0.3, 0.4) is 0 Å². The van der Waals surface area contributed by atoms with Crippen LogP contribution in [0, 0.1) is 17.3 Å². The van der Waals surface area contributed by atoms with E-state index in [1.165, 1.54) is 7.11 Å². The Morgan fingerprint density at radius 1 is 1.55 bits per heavy atom. The van der Waals surface area contributed by atoms with Gasteiger partial charge in [-0.15, -0.1) is 0 Å². The van der Waals surface area contributed by atoms with Crippen LogP contribution >= 0.6 is 0 Å². The normalized spacial score (nSPS) is 23.4. The highest BCUT2D eigenvalue weighted by atomic mass is 16.5. The molecule has 5 heteroatoms. The zero-order valence-corrected chi connectivity index (χ0v) is 14.3. The van der Waals surface area contributed by atoms with Crippen molar-refractivity contribution < 1.29 is 14.1 Å². The van der Waals surface area contributed by atoms with Gasteiger partial charge < -0.3 is 14.6 Å². The SMILES string of the molecule is COCC(=O)NC1CC(Cc2cc(CC(C)C)on2)C1(C)C. The molecular weight excluding hydrogens is 280 g/mol. The number of rotatable bonds is 7. The summed E-state index contributed by atoms with van der Waals surface area (Å²) in [5, 5.41) is 7.24. The highest BCUT2D eigenvalue weighted by molar-refractivity contribution is 5.77. The van der Waals surface area contributed by atoms with Gasteiger partial charge in [-0.2, -0.15) is 0 Å². The van der Waals surface area contributed by atoms with Crippen LogP contribution in [0.1, 0.15) is 45.6 Å². The Balaban J connectivity index is 1.87. The molecule has 2 unspecified atom stereocenters. The van der Waals surface area contributed by atoms with E-state index in [2.05, 4.69) is 44.2 Å². The number of carbonyl (C=O) groups excluding carboxylic acids is 1. The highest BCUT2D eigenvalue weighted by Gasteiger charge is 2.48. The topological polar surface area (TPSA) is 64.4 Å². The van der Waals surface area contributed by atoms with E-state index in [1.807, 2.05) is 0 Å². The van der Waals surface area contributed by atoms with Crippen molar-refractivity contribution in [1.29, 1.82) is 0 Å². The summed E-state index contributed by atoms with van der Waals surface area (Å²) in [5.74, 6) is 2.01. The van der Waals surface area contributed by atoms with Crippen LogP contribution in [-0.4, -0.2) is 30.8 Å². The maximum Gasteiger partial charge on any atom is 0.246 e. The summed E-state index contributed by atoms with van der Waals surface area (Å²) in [6.07, 6.45) is 2.82. The molecule has 1 saturated carbocycles. The first-order valence-corrected chi connectivity index (χ1v) is 8.05. The minimum absolute atomic E-state index is 0.0420. The van der Waals surface area contributed by atoms with Gasteiger partial charge in [0.05, 0.1) is 5.69 Å². The second kappa shape index (κ2) is 6.82. The lowest BCUT2D eigenvalue weighted by molar-refractivity contribution is -0.129. The lowest BCUT2D eigenvalue weighted by Gasteiger charge is -2.52. The quantitative estimate of drug-likeness (QED) is 0.841. The van der Waals surface area contributed by atoms with E-state index in [0.717, 1.165) is 30.7 Å². The summed E-state index contributed by atoms with van der Waals surface area (Å²) in [5.41, 5.74) is 1.09. The van der Waals surface area contributed by atoms with E-state index in [9.17, 15) is 4.79 Å². The van der Waals surface area contributed by atoms with Crippen LogP contribution in [0.2, 0.25) is 0 Å². The number of aromatic nitrogens is 1. The Bertz CT molecular complexity index is 508. The van der Waals surface area contributed by atoms with E-state index in [-0.39, 0.29) is 24.0 Å². The molecule has 1 aliphatic rings. The molecule has 22 heavy (non-hydrogen) atoms. The van der Waals surface area contributed by atoms with Crippen molar-refractivity contribution in [2.24, 2.45) is 17.3 Å². The molecule has 1 aliphatic carbocycles. The number of methoxy groups -OCH3 is 1. The van der Waals surface area contributed by atoms with Gasteiger partial charge in [0.15, 0.2) is 0 Å². The number of nitrogens with one attached hydrogen (secondary N) is 1. The second-order valence-electron chi connectivity index (χ2n) is 7.39. The Kier molecular flexibility index (Phi) is 5.27. The summed E-state index contributed by atoms with van der Waals surface area (Å²) in [6.45, 7) is 8.87. The third kappa shape index (κ3) is 3.88. The minimum atomic E-state index is -0.0420. The molecule has 0 radical (unpaired) electrons. The maximum atomic E-state index is 11.6. The van der Waals surface area contributed by atoms with E-state index in [4.69, 9.17) is 9.26 Å². The van der Waals surface area contributed by atoms with Gasteiger partial charge in [0.1, 0.15) is 12.4 Å². The fourth-order valence-electron chi connectivity index (χ4n) is 3.18. The van der Waals surface area contributed by atoms with Gasteiger partial charge in [0, 0.05) is 25.6 Å². The molecule has 1 N–H and O–H groups in total. The van der Waals surface area contributed by atoms with Crippen molar-refractivity contribution in [2.45, 2.75) is 53.0 Å². The average molecular weight is 308 g/mol. The molecular formula is C17H28N2O3. The third-order valence-corrected chi connectivity index (χ3v) is 4.75. The summed E-state index contributed by atoms with van der Waals surface area (Å²) in [7, 11) is 1.54. The molecule has 1 aromatic rings. The average Bonchev–Trinajstić information content (AvgIpc) is 2.84. The van der Waals surface area contributed by atoms with Crippen LogP contribution in [0.5, 0.6) is 0 Å². The molecule has 0 bridgehead atoms. The lowest BCUT2D eigenvalue weighted by Crippen LogP contribution is -2.59. The van der Waals surface area contributed by atoms with Crippen molar-refractivity contribution in [3.8, 4) is 0 Å². The first kappa shape index (κ1) is 17.0. The van der Waals surface area contributed by atoms with Gasteiger partial charge >= 0.3 is 0 Å². The fourth-order valence-corrected chi connectivity index (χ4v) is 3.18. The lowest BCUT2D eigenvalue weighted by atomic mass is 9.57. The number of nitrogens with zero attached hydrogens (tertiary/aromatic N) is 1. The summed E-state index contributed by atoms with van der Waals surface area (Å²) in [6, 6.07) is 2.29. The number of hydrogen-bond acceptors (Lipinski definition) is 4. The Morgan fingerprint density at radius 2 is 2.27 bits per heavy atom. The number of amides is 1.